The summed E-state index contributed by atoms with van der Waals surface area (Å²) < 4.78 is 11.3. The highest BCUT2D eigenvalue weighted by Crippen LogP contribution is 2.44. The molecule has 2 aromatic heterocycles. The molecule has 3 heterocycles. The quantitative estimate of drug-likeness (QED) is 0.237. The number of anilines is 1. The Bertz CT molecular complexity index is 1410. The van der Waals surface area contributed by atoms with E-state index in [1.807, 2.05) is 6.07 Å². The Morgan fingerprint density at radius 1 is 1.14 bits per heavy atom. The summed E-state index contributed by atoms with van der Waals surface area (Å²) in [6.07, 6.45) is 11.3. The monoisotopic (exact) mass is 574 g/mol. The van der Waals surface area contributed by atoms with Crippen LogP contribution in [0, 0.1) is 17.3 Å². The van der Waals surface area contributed by atoms with Crippen LogP contribution in [0.1, 0.15) is 93.0 Å². The molecule has 8 heteroatoms. The smallest absolute Gasteiger partial charge is 0.270 e. The maximum Gasteiger partial charge on any atom is 0.270 e. The minimum absolute atomic E-state index is 0.217. The second-order valence-corrected chi connectivity index (χ2v) is 12.2. The summed E-state index contributed by atoms with van der Waals surface area (Å²) in [6, 6.07) is 9.89. The van der Waals surface area contributed by atoms with Crippen molar-refractivity contribution < 1.29 is 9.18 Å². The highest BCUT2D eigenvalue weighted by atomic mass is 19.1. The van der Waals surface area contributed by atoms with Gasteiger partial charge in [-0.25, -0.2) is 9.50 Å². The summed E-state index contributed by atoms with van der Waals surface area (Å²) in [5.74, 6) is 1.35. The van der Waals surface area contributed by atoms with Crippen LogP contribution < -0.4 is 16.0 Å². The Labute approximate surface area is 250 Å². The number of nitrogens with one attached hydrogen (secondary N) is 3. The molecule has 0 saturated heterocycles. The second-order valence-electron chi connectivity index (χ2n) is 12.2. The molecule has 1 amide bonds. The number of hydrogen-bond acceptors (Lipinski definition) is 5. The lowest BCUT2D eigenvalue weighted by Crippen LogP contribution is -2.38. The molecular weight excluding hydrogens is 527 g/mol. The maximum atomic E-state index is 13.2. The van der Waals surface area contributed by atoms with Gasteiger partial charge in [0, 0.05) is 30.5 Å². The van der Waals surface area contributed by atoms with E-state index in [-0.39, 0.29) is 11.3 Å². The van der Waals surface area contributed by atoms with Crippen molar-refractivity contribution in [3.63, 3.8) is 0 Å². The number of benzene rings is 1. The first-order chi connectivity index (χ1) is 20.3. The van der Waals surface area contributed by atoms with E-state index in [9.17, 15) is 9.18 Å². The van der Waals surface area contributed by atoms with Gasteiger partial charge in [-0.15, -0.1) is 0 Å². The number of carbonyl (C=O) groups excluding carboxylic acids is 1. The van der Waals surface area contributed by atoms with Gasteiger partial charge in [0.2, 0.25) is 0 Å². The topological polar surface area (TPSA) is 83.4 Å². The second kappa shape index (κ2) is 14.0. The van der Waals surface area contributed by atoms with Crippen LogP contribution in [0.3, 0.4) is 0 Å². The van der Waals surface area contributed by atoms with Gasteiger partial charge in [0.15, 0.2) is 5.65 Å². The fourth-order valence-corrected chi connectivity index (χ4v) is 6.73. The van der Waals surface area contributed by atoms with Gasteiger partial charge in [-0.3, -0.25) is 9.18 Å². The van der Waals surface area contributed by atoms with E-state index in [4.69, 9.17) is 0 Å². The number of amides is 1. The molecule has 1 aliphatic carbocycles. The van der Waals surface area contributed by atoms with E-state index in [1.54, 1.807) is 16.8 Å². The van der Waals surface area contributed by atoms with Crippen LogP contribution in [-0.4, -0.2) is 34.2 Å². The van der Waals surface area contributed by atoms with Gasteiger partial charge >= 0.3 is 0 Å². The van der Waals surface area contributed by atoms with Gasteiger partial charge < -0.3 is 16.0 Å². The first-order valence-electron chi connectivity index (χ1n) is 15.3. The molecule has 3 N–H and O–H groups in total. The number of alkyl halides is 1. The molecule has 1 aromatic carbocycles. The van der Waals surface area contributed by atoms with Crippen LogP contribution in [0.4, 0.5) is 10.1 Å². The van der Waals surface area contributed by atoms with Gasteiger partial charge in [-0.2, -0.15) is 5.10 Å². The SMILES string of the molecule is C=C1CCc2ccc(CNC(=O)c3cc(C(=C)NCC4(C)CC(CC)CC(CCC)C4)n4nccc4n3)cc2N1.CF. The Balaban J connectivity index is 0.00000198. The summed E-state index contributed by atoms with van der Waals surface area (Å²) in [5, 5.41) is 14.5. The lowest BCUT2D eigenvalue weighted by Gasteiger charge is -2.43. The lowest BCUT2D eigenvalue weighted by molar-refractivity contribution is 0.0945. The molecule has 1 saturated carbocycles. The third-order valence-corrected chi connectivity index (χ3v) is 8.77. The molecule has 1 fully saturated rings. The fraction of sp³-hybridized carbons (Fsp3) is 0.500. The Morgan fingerprint density at radius 3 is 2.69 bits per heavy atom. The maximum absolute atomic E-state index is 13.2. The summed E-state index contributed by atoms with van der Waals surface area (Å²) in [4.78, 5) is 17.8. The van der Waals surface area contributed by atoms with E-state index >= 15 is 0 Å². The van der Waals surface area contributed by atoms with Crippen molar-refractivity contribution in [3.8, 4) is 0 Å². The molecule has 7 nitrogen and oxygen atoms in total. The summed E-state index contributed by atoms with van der Waals surface area (Å²) >= 11 is 0. The third kappa shape index (κ3) is 7.39. The highest BCUT2D eigenvalue weighted by molar-refractivity contribution is 5.93. The van der Waals surface area contributed by atoms with Crippen LogP contribution in [0.2, 0.25) is 0 Å². The largest absolute Gasteiger partial charge is 0.383 e. The molecule has 3 unspecified atom stereocenters. The van der Waals surface area contributed by atoms with Gasteiger partial charge in [-0.05, 0) is 72.6 Å². The van der Waals surface area contributed by atoms with E-state index < -0.39 is 0 Å². The third-order valence-electron chi connectivity index (χ3n) is 8.77. The van der Waals surface area contributed by atoms with Crippen molar-refractivity contribution in [1.82, 2.24) is 25.2 Å². The van der Waals surface area contributed by atoms with Crippen molar-refractivity contribution in [2.24, 2.45) is 17.3 Å². The van der Waals surface area contributed by atoms with Crippen molar-refractivity contribution in [3.05, 3.63) is 77.9 Å². The molecule has 226 valence electrons. The molecule has 0 spiro atoms. The van der Waals surface area contributed by atoms with Crippen molar-refractivity contribution >= 4 is 22.9 Å². The number of allylic oxidation sites excluding steroid dienone is 1. The first kappa shape index (κ1) is 31.3. The lowest BCUT2D eigenvalue weighted by atomic mass is 9.65. The summed E-state index contributed by atoms with van der Waals surface area (Å²) in [6.45, 7) is 16.7. The zero-order valence-corrected chi connectivity index (χ0v) is 25.7. The Hall–Kier alpha value is -3.68. The fourth-order valence-electron chi connectivity index (χ4n) is 6.73. The van der Waals surface area contributed by atoms with Crippen LogP contribution in [0.15, 0.2) is 55.4 Å². The van der Waals surface area contributed by atoms with Crippen molar-refractivity contribution in [1.29, 1.82) is 0 Å². The predicted molar refractivity (Wildman–Crippen MR) is 170 cm³/mol. The van der Waals surface area contributed by atoms with Crippen LogP contribution in [0.5, 0.6) is 0 Å². The number of fused-ring (bicyclic) bond motifs is 2. The van der Waals surface area contributed by atoms with Gasteiger partial charge in [-0.1, -0.05) is 65.3 Å². The summed E-state index contributed by atoms with van der Waals surface area (Å²) in [7, 11) is 0.500. The van der Waals surface area contributed by atoms with E-state index in [2.05, 4.69) is 78.2 Å². The molecule has 0 bridgehead atoms. The minimum Gasteiger partial charge on any atom is -0.383 e. The molecule has 3 atom stereocenters. The number of aryl methyl sites for hydroxylation is 1. The highest BCUT2D eigenvalue weighted by Gasteiger charge is 2.36. The van der Waals surface area contributed by atoms with Crippen molar-refractivity contribution in [2.75, 3.05) is 19.0 Å². The molecule has 0 radical (unpaired) electrons. The van der Waals surface area contributed by atoms with E-state index in [0.717, 1.165) is 59.6 Å². The van der Waals surface area contributed by atoms with Gasteiger partial charge in [0.1, 0.15) is 5.69 Å². The van der Waals surface area contributed by atoms with Gasteiger partial charge in [0.25, 0.3) is 5.91 Å². The van der Waals surface area contributed by atoms with Crippen LogP contribution >= 0.6 is 0 Å². The van der Waals surface area contributed by atoms with E-state index in [0.29, 0.717) is 25.1 Å². The first-order valence-corrected chi connectivity index (χ1v) is 15.3. The van der Waals surface area contributed by atoms with Gasteiger partial charge in [0.05, 0.1) is 24.8 Å². The molecule has 5 rings (SSSR count). The zero-order chi connectivity index (χ0) is 30.3. The average molecular weight is 575 g/mol. The molecule has 42 heavy (non-hydrogen) atoms. The standard InChI is InChI=1S/C33H44N6O.CH3F/c1-6-8-25-15-24(7-2)18-33(5,19-25)21-35-23(4)30-17-29(38-31-13-14-36-39(30)31)32(40)34-20-26-10-12-27-11-9-22(3)37-28(27)16-26;1-2/h10,12-14,16-17,24-25,35,37H,3-4,6-9,11,15,18-21H2,1-2,5H3,(H,34,40);1H3. The number of carbonyl (C=O) groups is 1. The molecule has 2 aliphatic rings. The normalized spacial score (nSPS) is 21.5. The summed E-state index contributed by atoms with van der Waals surface area (Å²) in [5.41, 5.74) is 7.12. The van der Waals surface area contributed by atoms with Crippen molar-refractivity contribution in [2.45, 2.75) is 78.7 Å². The number of nitrogens with zero attached hydrogens (tertiary/aromatic N) is 3. The number of hydrogen-bond donors (Lipinski definition) is 3. The zero-order valence-electron chi connectivity index (χ0n) is 25.7. The molecule has 1 aliphatic heterocycles. The Kier molecular flexibility index (Phi) is 10.4. The number of rotatable bonds is 10. The van der Waals surface area contributed by atoms with E-state index in [1.165, 1.54) is 44.1 Å². The number of halogens is 1. The van der Waals surface area contributed by atoms with Crippen LogP contribution in [0.25, 0.3) is 11.3 Å². The van der Waals surface area contributed by atoms with Crippen LogP contribution in [-0.2, 0) is 13.0 Å². The molecular formula is C34H47FN6O. The Morgan fingerprint density at radius 2 is 1.93 bits per heavy atom. The minimum atomic E-state index is -0.222. The average Bonchev–Trinajstić information content (AvgIpc) is 3.48. The molecule has 3 aromatic rings. The number of aromatic nitrogens is 3. The predicted octanol–water partition coefficient (Wildman–Crippen LogP) is 7.31.